The molecule has 0 unspecified atom stereocenters. The first-order valence-electron chi connectivity index (χ1n) is 7.03. The van der Waals surface area contributed by atoms with E-state index in [1.165, 1.54) is 0 Å². The van der Waals surface area contributed by atoms with Gasteiger partial charge in [0.15, 0.2) is 0 Å². The van der Waals surface area contributed by atoms with Gasteiger partial charge in [-0.1, -0.05) is 43.5 Å². The molecule has 0 aliphatic heterocycles. The largest absolute Gasteiger partial charge is 0.423 e. The van der Waals surface area contributed by atoms with Crippen LogP contribution in [-0.2, 0) is 0 Å². The van der Waals surface area contributed by atoms with E-state index in [0.717, 1.165) is 22.5 Å². The fraction of sp³-hybridized carbons (Fsp3) is 0.294. The average Bonchev–Trinajstić information content (AvgIpc) is 2.41. The third-order valence-electron chi connectivity index (χ3n) is 2.77. The molecule has 0 saturated carbocycles. The molecule has 0 aliphatic rings. The highest BCUT2D eigenvalue weighted by Crippen LogP contribution is 2.26. The fourth-order valence-corrected chi connectivity index (χ4v) is 3.40. The quantitative estimate of drug-likeness (QED) is 0.259. The van der Waals surface area contributed by atoms with E-state index in [-0.39, 0.29) is 5.63 Å². The predicted molar refractivity (Wildman–Crippen MR) is 93.8 cm³/mol. The molecule has 2 nitrogen and oxygen atoms in total. The van der Waals surface area contributed by atoms with Gasteiger partial charge in [-0.25, -0.2) is 4.79 Å². The highest BCUT2D eigenvalue weighted by Gasteiger charge is 2.06. The van der Waals surface area contributed by atoms with Crippen LogP contribution in [0, 0.1) is 0 Å². The number of hydrogen-bond donors (Lipinski definition) is 0. The number of hydrogen-bond acceptors (Lipinski definition) is 3. The van der Waals surface area contributed by atoms with E-state index in [4.69, 9.17) is 4.42 Å². The molecule has 4 heteroatoms. The van der Waals surface area contributed by atoms with Crippen LogP contribution in [0.1, 0.15) is 6.42 Å². The summed E-state index contributed by atoms with van der Waals surface area (Å²) >= 11 is 1.69. The molecule has 1 heterocycles. The van der Waals surface area contributed by atoms with Crippen LogP contribution >= 0.6 is 11.8 Å². The molecule has 0 atom stereocenters. The van der Waals surface area contributed by atoms with Crippen LogP contribution in [0.5, 0.6) is 0 Å². The van der Waals surface area contributed by atoms with Gasteiger partial charge in [0.25, 0.3) is 0 Å². The Morgan fingerprint density at radius 1 is 1.29 bits per heavy atom. The Labute approximate surface area is 130 Å². The summed E-state index contributed by atoms with van der Waals surface area (Å²) in [5, 5.41) is 1.00. The molecule has 0 saturated heterocycles. The third kappa shape index (κ3) is 5.09. The minimum absolute atomic E-state index is 0.287. The van der Waals surface area contributed by atoms with Gasteiger partial charge in [-0.3, -0.25) is 0 Å². The maximum atomic E-state index is 11.5. The van der Waals surface area contributed by atoms with Gasteiger partial charge < -0.3 is 4.42 Å². The zero-order chi connectivity index (χ0) is 15.3. The molecule has 1 aromatic carbocycles. The molecule has 110 valence electrons. The second-order valence-electron chi connectivity index (χ2n) is 5.94. The number of para-hydroxylation sites is 1. The molecule has 1 aromatic heterocycles. The van der Waals surface area contributed by atoms with E-state index < -0.39 is 8.07 Å². The molecule has 0 amide bonds. The molecule has 0 spiro atoms. The van der Waals surface area contributed by atoms with Gasteiger partial charge in [0.2, 0.25) is 0 Å². The van der Waals surface area contributed by atoms with Gasteiger partial charge >= 0.3 is 5.63 Å². The lowest BCUT2D eigenvalue weighted by Crippen LogP contribution is -2.14. The zero-order valence-electron chi connectivity index (χ0n) is 12.7. The summed E-state index contributed by atoms with van der Waals surface area (Å²) in [4.78, 5) is 12.5. The van der Waals surface area contributed by atoms with Crippen molar-refractivity contribution in [3.63, 3.8) is 0 Å². The Hall–Kier alpha value is -1.48. The molecule has 0 aliphatic carbocycles. The van der Waals surface area contributed by atoms with Crippen molar-refractivity contribution in [3.05, 3.63) is 58.3 Å². The molecule has 21 heavy (non-hydrogen) atoms. The average molecular weight is 316 g/mol. The highest BCUT2D eigenvalue weighted by atomic mass is 32.2. The molecule has 0 fully saturated rings. The first kappa shape index (κ1) is 15.9. The van der Waals surface area contributed by atoms with Crippen LogP contribution < -0.4 is 5.63 Å². The first-order valence-corrected chi connectivity index (χ1v) is 11.6. The molecule has 2 aromatic rings. The molecular weight excluding hydrogens is 296 g/mol. The van der Waals surface area contributed by atoms with Crippen molar-refractivity contribution in [1.82, 2.24) is 0 Å². The minimum atomic E-state index is -1.15. The summed E-state index contributed by atoms with van der Waals surface area (Å²) in [6.07, 6.45) is 3.03. The van der Waals surface area contributed by atoms with E-state index in [0.29, 0.717) is 5.58 Å². The van der Waals surface area contributed by atoms with Gasteiger partial charge in [0, 0.05) is 22.1 Å². The van der Waals surface area contributed by atoms with Crippen LogP contribution in [0.4, 0.5) is 0 Å². The summed E-state index contributed by atoms with van der Waals surface area (Å²) < 4.78 is 5.20. The second-order valence-corrected chi connectivity index (χ2v) is 12.1. The van der Waals surface area contributed by atoms with Gasteiger partial charge in [-0.05, 0) is 18.6 Å². The fourth-order valence-electron chi connectivity index (χ4n) is 1.82. The Morgan fingerprint density at radius 3 is 2.81 bits per heavy atom. The van der Waals surface area contributed by atoms with E-state index >= 15 is 0 Å². The van der Waals surface area contributed by atoms with Crippen LogP contribution in [-0.4, -0.2) is 13.8 Å². The lowest BCUT2D eigenvalue weighted by atomic mass is 10.2. The Bertz CT molecular complexity index is 734. The summed E-state index contributed by atoms with van der Waals surface area (Å²) in [6.45, 7) is 6.87. The molecule has 0 bridgehead atoms. The summed E-state index contributed by atoms with van der Waals surface area (Å²) in [5.74, 6) is 0.931. The van der Waals surface area contributed by atoms with Gasteiger partial charge in [0.1, 0.15) is 5.58 Å². The maximum Gasteiger partial charge on any atom is 0.337 e. The molecular formula is C17H20O2SSi. The van der Waals surface area contributed by atoms with Crippen LogP contribution in [0.25, 0.3) is 11.0 Å². The Balaban J connectivity index is 2.04. The monoisotopic (exact) mass is 316 g/mol. The number of rotatable bonds is 5. The van der Waals surface area contributed by atoms with Gasteiger partial charge in [0.05, 0.1) is 8.07 Å². The van der Waals surface area contributed by atoms with Crippen molar-refractivity contribution >= 4 is 30.8 Å². The predicted octanol–water partition coefficient (Wildman–Crippen LogP) is 4.86. The van der Waals surface area contributed by atoms with Crippen molar-refractivity contribution in [2.45, 2.75) is 31.0 Å². The Morgan fingerprint density at radius 2 is 2.05 bits per heavy atom. The lowest BCUT2D eigenvalue weighted by molar-refractivity contribution is 0.557. The van der Waals surface area contributed by atoms with Crippen molar-refractivity contribution in [3.8, 4) is 0 Å². The van der Waals surface area contributed by atoms with Crippen molar-refractivity contribution < 1.29 is 4.42 Å². The highest BCUT2D eigenvalue weighted by molar-refractivity contribution is 7.99. The summed E-state index contributed by atoms with van der Waals surface area (Å²) in [5.41, 5.74) is 5.86. The third-order valence-corrected chi connectivity index (χ3v) is 4.89. The zero-order valence-corrected chi connectivity index (χ0v) is 14.5. The number of thioether (sulfide) groups is 1. The van der Waals surface area contributed by atoms with Gasteiger partial charge in [-0.2, -0.15) is 0 Å². The molecule has 0 radical (unpaired) electrons. The topological polar surface area (TPSA) is 30.2 Å². The summed E-state index contributed by atoms with van der Waals surface area (Å²) in [7, 11) is -1.15. The van der Waals surface area contributed by atoms with Crippen LogP contribution in [0.2, 0.25) is 19.6 Å². The lowest BCUT2D eigenvalue weighted by Gasteiger charge is -2.05. The first-order chi connectivity index (χ1) is 9.96. The SMILES string of the molecule is C[Si](C)(C)C=C=CCCSc1cc(=O)oc2ccccc12. The van der Waals surface area contributed by atoms with Crippen LogP contribution in [0.15, 0.2) is 61.9 Å². The Kier molecular flexibility index (Phi) is 5.29. The second kappa shape index (κ2) is 6.99. The minimum Gasteiger partial charge on any atom is -0.423 e. The normalized spacial score (nSPS) is 11.2. The van der Waals surface area contributed by atoms with Crippen LogP contribution in [0.3, 0.4) is 0 Å². The number of benzene rings is 1. The van der Waals surface area contributed by atoms with Crippen molar-refractivity contribution in [2.75, 3.05) is 5.75 Å². The smallest absolute Gasteiger partial charge is 0.337 e. The van der Waals surface area contributed by atoms with Crippen molar-refractivity contribution in [2.24, 2.45) is 0 Å². The molecule has 0 N–H and O–H groups in total. The van der Waals surface area contributed by atoms with Gasteiger partial charge in [-0.15, -0.1) is 17.5 Å². The standard InChI is InChI=1S/C17H20O2SSi/c1-21(2,3)12-8-4-7-11-20-16-13-17(18)19-15-10-6-5-9-14(15)16/h4-6,9-10,12-13H,7,11H2,1-3H3. The van der Waals surface area contributed by atoms with E-state index in [1.807, 2.05) is 24.3 Å². The maximum absolute atomic E-state index is 11.5. The number of allylic oxidation sites excluding steroid dienone is 1. The molecule has 2 rings (SSSR count). The van der Waals surface area contributed by atoms with Crippen molar-refractivity contribution in [1.29, 1.82) is 0 Å². The van der Waals surface area contributed by atoms with E-state index in [2.05, 4.69) is 37.1 Å². The van der Waals surface area contributed by atoms with E-state index in [1.54, 1.807) is 17.8 Å². The number of fused-ring (bicyclic) bond motifs is 1. The summed E-state index contributed by atoms with van der Waals surface area (Å²) in [6, 6.07) is 9.24. The van der Waals surface area contributed by atoms with E-state index in [9.17, 15) is 4.79 Å².